The number of benzene rings is 1. The molecular formula is C13H13IN2O3S2. The van der Waals surface area contributed by atoms with Crippen LogP contribution in [-0.4, -0.2) is 42.3 Å². The molecule has 0 aromatic heterocycles. The normalized spacial score (nSPS) is 28.9. The van der Waals surface area contributed by atoms with Crippen LogP contribution in [0.5, 0.6) is 0 Å². The van der Waals surface area contributed by atoms with Gasteiger partial charge in [-0.1, -0.05) is 17.8 Å². The fraction of sp³-hybridized carbons (Fsp3) is 0.385. The summed E-state index contributed by atoms with van der Waals surface area (Å²) in [5.41, 5.74) is 0.888. The second-order valence-corrected chi connectivity index (χ2v) is 9.67. The summed E-state index contributed by atoms with van der Waals surface area (Å²) in [6.45, 7) is 1.41. The van der Waals surface area contributed by atoms with E-state index in [2.05, 4.69) is 27.6 Å². The van der Waals surface area contributed by atoms with Crippen molar-refractivity contribution >= 4 is 61.0 Å². The summed E-state index contributed by atoms with van der Waals surface area (Å²) in [4.78, 5) is 17.3. The van der Waals surface area contributed by atoms with E-state index in [4.69, 9.17) is 0 Å². The highest BCUT2D eigenvalue weighted by Gasteiger charge is 2.49. The molecule has 2 atom stereocenters. The molecule has 21 heavy (non-hydrogen) atoms. The topological polar surface area (TPSA) is 66.8 Å². The highest BCUT2D eigenvalue weighted by molar-refractivity contribution is 14.1. The zero-order chi connectivity index (χ0) is 15.2. The number of nitrogens with zero attached hydrogens (tertiary/aromatic N) is 2. The number of hydrogen-bond acceptors (Lipinski definition) is 4. The van der Waals surface area contributed by atoms with Gasteiger partial charge in [0.2, 0.25) is 5.91 Å². The molecule has 0 radical (unpaired) electrons. The lowest BCUT2D eigenvalue weighted by Gasteiger charge is -2.24. The van der Waals surface area contributed by atoms with Crippen molar-refractivity contribution in [3.8, 4) is 0 Å². The van der Waals surface area contributed by atoms with Gasteiger partial charge in [0.15, 0.2) is 15.0 Å². The summed E-state index contributed by atoms with van der Waals surface area (Å²) in [7, 11) is -3.01. The van der Waals surface area contributed by atoms with Crippen molar-refractivity contribution in [2.75, 3.05) is 16.4 Å². The maximum absolute atomic E-state index is 11.9. The predicted molar refractivity (Wildman–Crippen MR) is 93.6 cm³/mol. The van der Waals surface area contributed by atoms with Crippen molar-refractivity contribution in [1.82, 2.24) is 0 Å². The van der Waals surface area contributed by atoms with Crippen LogP contribution in [0.1, 0.15) is 6.92 Å². The molecule has 2 saturated heterocycles. The van der Waals surface area contributed by atoms with Crippen molar-refractivity contribution in [1.29, 1.82) is 0 Å². The second kappa shape index (κ2) is 5.54. The lowest BCUT2D eigenvalue weighted by atomic mass is 10.2. The van der Waals surface area contributed by atoms with Gasteiger partial charge >= 0.3 is 0 Å². The number of amides is 1. The van der Waals surface area contributed by atoms with E-state index < -0.39 is 9.84 Å². The predicted octanol–water partition coefficient (Wildman–Crippen LogP) is 1.91. The average Bonchev–Trinajstić information content (AvgIpc) is 2.79. The third kappa shape index (κ3) is 3.11. The lowest BCUT2D eigenvalue weighted by molar-refractivity contribution is -0.115. The minimum Gasteiger partial charge on any atom is -0.316 e. The molecule has 2 heterocycles. The van der Waals surface area contributed by atoms with Crippen LogP contribution in [0.25, 0.3) is 0 Å². The van der Waals surface area contributed by atoms with Crippen molar-refractivity contribution in [3.05, 3.63) is 27.8 Å². The fourth-order valence-electron chi connectivity index (χ4n) is 2.63. The number of carbonyl (C=O) groups is 1. The highest BCUT2D eigenvalue weighted by Crippen LogP contribution is 2.41. The summed E-state index contributed by atoms with van der Waals surface area (Å²) < 4.78 is 24.8. The smallest absolute Gasteiger partial charge is 0.244 e. The fourth-order valence-corrected chi connectivity index (χ4v) is 7.11. The first-order valence-corrected chi connectivity index (χ1v) is 10.1. The Kier molecular flexibility index (Phi) is 4.04. The molecule has 1 aromatic rings. The Morgan fingerprint density at radius 3 is 2.86 bits per heavy atom. The van der Waals surface area contributed by atoms with E-state index in [0.717, 1.165) is 9.26 Å². The number of anilines is 1. The van der Waals surface area contributed by atoms with E-state index >= 15 is 0 Å². The second-order valence-electron chi connectivity index (χ2n) is 5.06. The van der Waals surface area contributed by atoms with E-state index in [-0.39, 0.29) is 28.7 Å². The SMILES string of the molecule is CC(=O)N=C1S[C@H]2CS(=O)(=O)C[C@@H]2N1c1cccc(I)c1. The van der Waals surface area contributed by atoms with E-state index in [1.54, 1.807) is 0 Å². The molecule has 0 N–H and O–H groups in total. The Morgan fingerprint density at radius 1 is 1.43 bits per heavy atom. The molecule has 0 saturated carbocycles. The zero-order valence-corrected chi connectivity index (χ0v) is 15.0. The summed E-state index contributed by atoms with van der Waals surface area (Å²) in [5.74, 6) is 0.00295. The van der Waals surface area contributed by atoms with E-state index in [9.17, 15) is 13.2 Å². The third-order valence-corrected chi connectivity index (χ3v) is 7.29. The number of rotatable bonds is 1. The van der Waals surface area contributed by atoms with Gasteiger partial charge in [0.1, 0.15) is 0 Å². The first-order chi connectivity index (χ1) is 9.85. The number of thioether (sulfide) groups is 1. The Hall–Kier alpha value is -0.610. The molecule has 3 rings (SSSR count). The molecule has 2 aliphatic rings. The highest BCUT2D eigenvalue weighted by atomic mass is 127. The Bertz CT molecular complexity index is 733. The van der Waals surface area contributed by atoms with Gasteiger partial charge in [0.05, 0.1) is 17.5 Å². The van der Waals surface area contributed by atoms with Crippen LogP contribution < -0.4 is 4.90 Å². The molecule has 2 fully saturated rings. The molecule has 1 aromatic carbocycles. The van der Waals surface area contributed by atoms with Crippen LogP contribution in [0.2, 0.25) is 0 Å². The maximum Gasteiger partial charge on any atom is 0.244 e. The van der Waals surface area contributed by atoms with Crippen molar-refractivity contribution < 1.29 is 13.2 Å². The minimum absolute atomic E-state index is 0.0500. The van der Waals surface area contributed by atoms with Crippen LogP contribution in [0.4, 0.5) is 5.69 Å². The van der Waals surface area contributed by atoms with Gasteiger partial charge in [0, 0.05) is 21.4 Å². The summed E-state index contributed by atoms with van der Waals surface area (Å²) in [6.07, 6.45) is 0. The molecule has 1 amide bonds. The Labute approximate surface area is 141 Å². The number of carbonyl (C=O) groups excluding carboxylic acids is 1. The van der Waals surface area contributed by atoms with Gasteiger partial charge in [-0.15, -0.1) is 0 Å². The molecule has 0 aliphatic carbocycles. The minimum atomic E-state index is -3.01. The first kappa shape index (κ1) is 15.3. The lowest BCUT2D eigenvalue weighted by Crippen LogP contribution is -2.37. The zero-order valence-electron chi connectivity index (χ0n) is 11.2. The number of fused-ring (bicyclic) bond motifs is 1. The third-order valence-electron chi connectivity index (χ3n) is 3.41. The van der Waals surface area contributed by atoms with Gasteiger partial charge in [0.25, 0.3) is 0 Å². The molecule has 112 valence electrons. The molecule has 0 bridgehead atoms. The molecular weight excluding hydrogens is 423 g/mol. The van der Waals surface area contributed by atoms with Gasteiger partial charge in [-0.05, 0) is 40.8 Å². The maximum atomic E-state index is 11.9. The van der Waals surface area contributed by atoms with Crippen LogP contribution in [0.15, 0.2) is 29.3 Å². The van der Waals surface area contributed by atoms with Crippen molar-refractivity contribution in [3.63, 3.8) is 0 Å². The largest absolute Gasteiger partial charge is 0.316 e. The van der Waals surface area contributed by atoms with Crippen LogP contribution in [0, 0.1) is 3.57 Å². The molecule has 0 unspecified atom stereocenters. The number of halogens is 1. The summed E-state index contributed by atoms with van der Waals surface area (Å²) >= 11 is 3.61. The number of sulfone groups is 1. The Balaban J connectivity index is 2.05. The van der Waals surface area contributed by atoms with Crippen LogP contribution in [-0.2, 0) is 14.6 Å². The first-order valence-electron chi connectivity index (χ1n) is 6.37. The standard InChI is InChI=1S/C13H13IN2O3S2/c1-8(17)15-13-16(10-4-2-3-9(14)5-10)11-6-21(18,19)7-12(11)20-13/h2-5,11-12H,6-7H2,1H3/t11-,12-/m0/s1. The monoisotopic (exact) mass is 436 g/mol. The quantitative estimate of drug-likeness (QED) is 0.630. The van der Waals surface area contributed by atoms with Gasteiger partial charge in [-0.3, -0.25) is 4.79 Å². The van der Waals surface area contributed by atoms with E-state index in [1.807, 2.05) is 29.2 Å². The molecule has 0 spiro atoms. The van der Waals surface area contributed by atoms with Gasteiger partial charge in [-0.2, -0.15) is 4.99 Å². The van der Waals surface area contributed by atoms with Gasteiger partial charge in [-0.25, -0.2) is 8.42 Å². The molecule has 5 nitrogen and oxygen atoms in total. The average molecular weight is 436 g/mol. The van der Waals surface area contributed by atoms with Crippen molar-refractivity contribution in [2.45, 2.75) is 18.2 Å². The number of hydrogen-bond donors (Lipinski definition) is 0. The summed E-state index contributed by atoms with van der Waals surface area (Å²) in [5, 5.41) is 0.556. The Morgan fingerprint density at radius 2 is 2.19 bits per heavy atom. The van der Waals surface area contributed by atoms with Gasteiger partial charge < -0.3 is 4.90 Å². The molecule has 2 aliphatic heterocycles. The number of amidine groups is 1. The number of aliphatic imine (C=N–C) groups is 1. The summed E-state index contributed by atoms with van der Waals surface area (Å²) in [6, 6.07) is 7.65. The van der Waals surface area contributed by atoms with E-state index in [0.29, 0.717) is 5.17 Å². The van der Waals surface area contributed by atoms with Crippen LogP contribution >= 0.6 is 34.4 Å². The van der Waals surface area contributed by atoms with Crippen LogP contribution in [0.3, 0.4) is 0 Å². The van der Waals surface area contributed by atoms with E-state index in [1.165, 1.54) is 18.7 Å². The molecule has 8 heteroatoms. The van der Waals surface area contributed by atoms with Crippen molar-refractivity contribution in [2.24, 2.45) is 4.99 Å².